The molecule has 0 saturated heterocycles. The van der Waals surface area contributed by atoms with E-state index in [4.69, 9.17) is 14.2 Å². The largest absolute Gasteiger partial charge is 0.508 e. The van der Waals surface area contributed by atoms with Crippen LogP contribution in [0.25, 0.3) is 0 Å². The van der Waals surface area contributed by atoms with Gasteiger partial charge >= 0.3 is 0 Å². The molecule has 0 aromatic heterocycles. The molecule has 0 amide bonds. The number of hydrogen-bond acceptors (Lipinski definition) is 5. The maximum absolute atomic E-state index is 10.5. The molecule has 3 aliphatic rings. The van der Waals surface area contributed by atoms with Crippen molar-refractivity contribution in [1.82, 2.24) is 0 Å². The summed E-state index contributed by atoms with van der Waals surface area (Å²) in [6.07, 6.45) is 2.52. The zero-order valence-electron chi connectivity index (χ0n) is 17.9. The first kappa shape index (κ1) is 19.3. The van der Waals surface area contributed by atoms with Gasteiger partial charge in [-0.1, -0.05) is 17.7 Å². The SMILES string of the molecule is CC(C)=CCc1c(O)ccc2c1O[C@H]1c3cc4c(cc3OC[C@@H]21)OC(C)(C)[C@@H](O)C4. The van der Waals surface area contributed by atoms with E-state index in [9.17, 15) is 10.2 Å². The molecule has 0 bridgehead atoms. The number of phenolic OH excluding ortho intramolecular Hbond substituents is 1. The van der Waals surface area contributed by atoms with Gasteiger partial charge in [0.2, 0.25) is 0 Å². The zero-order chi connectivity index (χ0) is 21.2. The summed E-state index contributed by atoms with van der Waals surface area (Å²) in [6.45, 7) is 8.41. The fourth-order valence-electron chi connectivity index (χ4n) is 4.61. The highest BCUT2D eigenvalue weighted by atomic mass is 16.5. The second-order valence-corrected chi connectivity index (χ2v) is 9.35. The van der Waals surface area contributed by atoms with Crippen molar-refractivity contribution < 1.29 is 24.4 Å². The van der Waals surface area contributed by atoms with Crippen molar-refractivity contribution in [3.05, 3.63) is 58.2 Å². The Morgan fingerprint density at radius 3 is 2.73 bits per heavy atom. The molecule has 5 nitrogen and oxygen atoms in total. The molecule has 3 atom stereocenters. The number of rotatable bonds is 2. The van der Waals surface area contributed by atoms with Crippen LogP contribution in [0, 0.1) is 0 Å². The van der Waals surface area contributed by atoms with Crippen molar-refractivity contribution in [3.63, 3.8) is 0 Å². The van der Waals surface area contributed by atoms with Gasteiger partial charge in [-0.25, -0.2) is 0 Å². The van der Waals surface area contributed by atoms with Crippen LogP contribution in [0.1, 0.15) is 62.0 Å². The van der Waals surface area contributed by atoms with Crippen LogP contribution in [0.15, 0.2) is 35.9 Å². The van der Waals surface area contributed by atoms with Crippen LogP contribution in [-0.4, -0.2) is 28.5 Å². The molecule has 30 heavy (non-hydrogen) atoms. The second kappa shape index (κ2) is 6.67. The Hall–Kier alpha value is -2.66. The number of hydrogen-bond donors (Lipinski definition) is 2. The lowest BCUT2D eigenvalue weighted by Gasteiger charge is -2.38. The molecule has 2 aromatic rings. The molecule has 0 fully saturated rings. The summed E-state index contributed by atoms with van der Waals surface area (Å²) >= 11 is 0. The van der Waals surface area contributed by atoms with Gasteiger partial charge in [0.15, 0.2) is 0 Å². The maximum Gasteiger partial charge on any atom is 0.138 e. The third kappa shape index (κ3) is 2.95. The van der Waals surface area contributed by atoms with Gasteiger partial charge in [-0.05, 0) is 51.8 Å². The van der Waals surface area contributed by atoms with E-state index in [0.717, 1.165) is 39.5 Å². The molecule has 2 aromatic carbocycles. The zero-order valence-corrected chi connectivity index (χ0v) is 17.9. The number of aliphatic hydroxyl groups is 1. The summed E-state index contributed by atoms with van der Waals surface area (Å²) < 4.78 is 18.6. The molecule has 5 rings (SSSR count). The van der Waals surface area contributed by atoms with E-state index in [0.29, 0.717) is 19.4 Å². The number of phenols is 1. The van der Waals surface area contributed by atoms with Gasteiger partial charge in [0.25, 0.3) is 0 Å². The Kier molecular flexibility index (Phi) is 4.30. The van der Waals surface area contributed by atoms with Crippen molar-refractivity contribution in [1.29, 1.82) is 0 Å². The van der Waals surface area contributed by atoms with Crippen LogP contribution in [0.5, 0.6) is 23.0 Å². The topological polar surface area (TPSA) is 68.2 Å². The Balaban J connectivity index is 1.54. The number of ether oxygens (including phenoxy) is 3. The van der Waals surface area contributed by atoms with E-state index >= 15 is 0 Å². The number of allylic oxidation sites excluding steroid dienone is 2. The van der Waals surface area contributed by atoms with Gasteiger partial charge in [0.05, 0.1) is 18.6 Å². The van der Waals surface area contributed by atoms with E-state index < -0.39 is 11.7 Å². The third-order valence-electron chi connectivity index (χ3n) is 6.50. The second-order valence-electron chi connectivity index (χ2n) is 9.35. The Morgan fingerprint density at radius 1 is 1.17 bits per heavy atom. The highest BCUT2D eigenvalue weighted by molar-refractivity contribution is 5.58. The quantitative estimate of drug-likeness (QED) is 0.712. The van der Waals surface area contributed by atoms with Gasteiger partial charge in [0, 0.05) is 29.2 Å². The first-order chi connectivity index (χ1) is 14.2. The number of benzene rings is 2. The monoisotopic (exact) mass is 408 g/mol. The predicted octanol–water partition coefficient (Wildman–Crippen LogP) is 4.59. The summed E-state index contributed by atoms with van der Waals surface area (Å²) in [5.41, 5.74) is 4.42. The molecule has 3 heterocycles. The molecule has 0 aliphatic carbocycles. The minimum absolute atomic E-state index is 0.0717. The molecule has 0 saturated carbocycles. The summed E-state index contributed by atoms with van der Waals surface area (Å²) in [7, 11) is 0. The van der Waals surface area contributed by atoms with Gasteiger partial charge in [-0.2, -0.15) is 0 Å². The smallest absolute Gasteiger partial charge is 0.138 e. The average molecular weight is 408 g/mol. The van der Waals surface area contributed by atoms with Gasteiger partial charge < -0.3 is 24.4 Å². The fraction of sp³-hybridized carbons (Fsp3) is 0.440. The summed E-state index contributed by atoms with van der Waals surface area (Å²) in [5, 5.41) is 20.9. The molecule has 0 radical (unpaired) electrons. The van der Waals surface area contributed by atoms with E-state index in [-0.39, 0.29) is 17.8 Å². The Labute approximate surface area is 176 Å². The van der Waals surface area contributed by atoms with Crippen LogP contribution < -0.4 is 14.2 Å². The summed E-state index contributed by atoms with van der Waals surface area (Å²) in [5.74, 6) is 2.64. The van der Waals surface area contributed by atoms with Gasteiger partial charge in [-0.3, -0.25) is 0 Å². The Morgan fingerprint density at radius 2 is 1.97 bits per heavy atom. The van der Waals surface area contributed by atoms with E-state index in [1.54, 1.807) is 6.07 Å². The summed E-state index contributed by atoms with van der Waals surface area (Å²) in [6, 6.07) is 7.70. The Bertz CT molecular complexity index is 1050. The molecule has 0 unspecified atom stereocenters. The van der Waals surface area contributed by atoms with E-state index in [1.807, 2.05) is 39.8 Å². The van der Waals surface area contributed by atoms with Crippen molar-refractivity contribution in [2.75, 3.05) is 6.61 Å². The molecule has 5 heteroatoms. The van der Waals surface area contributed by atoms with E-state index in [1.165, 1.54) is 5.57 Å². The summed E-state index contributed by atoms with van der Waals surface area (Å²) in [4.78, 5) is 0. The number of aromatic hydroxyl groups is 1. The lowest BCUT2D eigenvalue weighted by Crippen LogP contribution is -2.46. The molecule has 158 valence electrons. The number of aliphatic hydroxyl groups excluding tert-OH is 1. The molecular weight excluding hydrogens is 380 g/mol. The number of fused-ring (bicyclic) bond motifs is 6. The predicted molar refractivity (Wildman–Crippen MR) is 114 cm³/mol. The highest BCUT2D eigenvalue weighted by Crippen LogP contribution is 2.54. The lowest BCUT2D eigenvalue weighted by atomic mass is 9.85. The maximum atomic E-state index is 10.5. The third-order valence-corrected chi connectivity index (χ3v) is 6.50. The van der Waals surface area contributed by atoms with Crippen molar-refractivity contribution in [3.8, 4) is 23.0 Å². The van der Waals surface area contributed by atoms with Gasteiger partial charge in [0.1, 0.15) is 34.7 Å². The molecule has 0 spiro atoms. The van der Waals surface area contributed by atoms with Crippen molar-refractivity contribution in [2.24, 2.45) is 0 Å². The molecular formula is C25H28O5. The normalized spacial score (nSPS) is 24.9. The first-order valence-corrected chi connectivity index (χ1v) is 10.6. The van der Waals surface area contributed by atoms with Gasteiger partial charge in [-0.15, -0.1) is 0 Å². The van der Waals surface area contributed by atoms with Crippen LogP contribution in [0.3, 0.4) is 0 Å². The van der Waals surface area contributed by atoms with Crippen LogP contribution in [0.4, 0.5) is 0 Å². The molecule has 3 aliphatic heterocycles. The van der Waals surface area contributed by atoms with Crippen LogP contribution >= 0.6 is 0 Å². The highest BCUT2D eigenvalue weighted by Gasteiger charge is 2.44. The van der Waals surface area contributed by atoms with Crippen molar-refractivity contribution in [2.45, 2.75) is 64.3 Å². The fourth-order valence-corrected chi connectivity index (χ4v) is 4.61. The first-order valence-electron chi connectivity index (χ1n) is 10.6. The van der Waals surface area contributed by atoms with Crippen LogP contribution in [-0.2, 0) is 12.8 Å². The lowest BCUT2D eigenvalue weighted by molar-refractivity contribution is -0.0415. The minimum atomic E-state index is -0.629. The average Bonchev–Trinajstić information content (AvgIpc) is 3.05. The van der Waals surface area contributed by atoms with Crippen LogP contribution in [0.2, 0.25) is 0 Å². The van der Waals surface area contributed by atoms with E-state index in [2.05, 4.69) is 12.1 Å². The minimum Gasteiger partial charge on any atom is -0.508 e. The standard InChI is InChI=1S/C25H28O5/c1-13(2)5-6-16-19(26)8-7-15-18-12-28-21-11-20-14(10-22(27)25(3,4)30-20)9-17(21)24(18)29-23(15)16/h5,7-9,11,18,22,24,26-27H,6,10,12H2,1-4H3/t18-,22-,24-/m0/s1. The molecule has 2 N–H and O–H groups in total. The van der Waals surface area contributed by atoms with Crippen molar-refractivity contribution >= 4 is 0 Å².